The third-order valence-electron chi connectivity index (χ3n) is 3.93. The molecule has 2 heterocycles. The Bertz CT molecular complexity index is 521. The van der Waals surface area contributed by atoms with Crippen LogP contribution >= 0.6 is 0 Å². The summed E-state index contributed by atoms with van der Waals surface area (Å²) in [6.45, 7) is 6.69. The monoisotopic (exact) mass is 277 g/mol. The summed E-state index contributed by atoms with van der Waals surface area (Å²) in [6, 6.07) is 5.71. The topological polar surface area (TPSA) is 48.0 Å². The van der Waals surface area contributed by atoms with Crippen LogP contribution in [0.25, 0.3) is 0 Å². The molecule has 3 rings (SSSR count). The highest BCUT2D eigenvalue weighted by atomic mass is 16.7. The molecule has 20 heavy (non-hydrogen) atoms. The van der Waals surface area contributed by atoms with E-state index in [0.29, 0.717) is 32.1 Å². The van der Waals surface area contributed by atoms with Gasteiger partial charge < -0.3 is 19.1 Å². The summed E-state index contributed by atoms with van der Waals surface area (Å²) in [5, 5.41) is 0. The third kappa shape index (κ3) is 2.22. The Morgan fingerprint density at radius 2 is 1.85 bits per heavy atom. The average molecular weight is 277 g/mol. The first-order valence-electron chi connectivity index (χ1n) is 6.86. The average Bonchev–Trinajstić information content (AvgIpc) is 2.94. The number of benzene rings is 1. The summed E-state index contributed by atoms with van der Waals surface area (Å²) in [5.41, 5.74) is 0.358. The van der Waals surface area contributed by atoms with Gasteiger partial charge in [-0.25, -0.2) is 0 Å². The van der Waals surface area contributed by atoms with Crippen molar-refractivity contribution in [3.8, 4) is 11.5 Å². The molecule has 0 spiro atoms. The van der Waals surface area contributed by atoms with Crippen molar-refractivity contribution >= 4 is 5.91 Å². The largest absolute Gasteiger partial charge is 0.454 e. The van der Waals surface area contributed by atoms with E-state index < -0.39 is 5.41 Å². The molecule has 1 amide bonds. The number of rotatable bonds is 2. The highest BCUT2D eigenvalue weighted by Crippen LogP contribution is 2.37. The second-order valence-corrected chi connectivity index (χ2v) is 5.60. The first kappa shape index (κ1) is 13.2. The Morgan fingerprint density at radius 1 is 1.15 bits per heavy atom. The summed E-state index contributed by atoms with van der Waals surface area (Å²) in [7, 11) is 0. The van der Waals surface area contributed by atoms with Crippen molar-refractivity contribution < 1.29 is 19.0 Å². The predicted molar refractivity (Wildman–Crippen MR) is 73.0 cm³/mol. The van der Waals surface area contributed by atoms with E-state index >= 15 is 0 Å². The molecule has 1 saturated heterocycles. The number of nitrogens with zero attached hydrogens (tertiary/aromatic N) is 1. The van der Waals surface area contributed by atoms with Gasteiger partial charge >= 0.3 is 0 Å². The lowest BCUT2D eigenvalue weighted by Gasteiger charge is -2.34. The van der Waals surface area contributed by atoms with Gasteiger partial charge in [0.2, 0.25) is 12.7 Å². The Hall–Kier alpha value is -1.75. The molecule has 0 radical (unpaired) electrons. The van der Waals surface area contributed by atoms with Gasteiger partial charge in [0.25, 0.3) is 0 Å². The number of ether oxygens (including phenoxy) is 3. The smallest absolute Gasteiger partial charge is 0.232 e. The zero-order valence-corrected chi connectivity index (χ0v) is 11.8. The number of morpholine rings is 1. The molecule has 0 bridgehead atoms. The summed E-state index contributed by atoms with van der Waals surface area (Å²) in [4.78, 5) is 14.6. The van der Waals surface area contributed by atoms with E-state index in [1.165, 1.54) is 0 Å². The maximum atomic E-state index is 12.7. The molecule has 0 atom stereocenters. The number of hydrogen-bond acceptors (Lipinski definition) is 4. The van der Waals surface area contributed by atoms with Crippen LogP contribution in [0.4, 0.5) is 0 Å². The molecule has 1 aromatic rings. The fourth-order valence-electron chi connectivity index (χ4n) is 2.57. The van der Waals surface area contributed by atoms with Crippen LogP contribution in [0.15, 0.2) is 18.2 Å². The standard InChI is InChI=1S/C15H19NO4/c1-15(2,14(17)16-5-7-18-8-6-16)11-3-4-12-13(9-11)20-10-19-12/h3-4,9H,5-8,10H2,1-2H3. The normalized spacial score (nSPS) is 18.2. The number of hydrogen-bond donors (Lipinski definition) is 0. The SMILES string of the molecule is CC(C)(C(=O)N1CCOCC1)c1ccc2c(c1)OCO2. The number of carbonyl (C=O) groups excluding carboxylic acids is 1. The van der Waals surface area contributed by atoms with Crippen LogP contribution in [-0.2, 0) is 14.9 Å². The lowest BCUT2D eigenvalue weighted by molar-refractivity contribution is -0.140. The molecule has 0 aliphatic carbocycles. The molecule has 2 aliphatic heterocycles. The van der Waals surface area contributed by atoms with Gasteiger partial charge in [0.05, 0.1) is 18.6 Å². The molecule has 108 valence electrons. The van der Waals surface area contributed by atoms with Crippen LogP contribution in [0.3, 0.4) is 0 Å². The quantitative estimate of drug-likeness (QED) is 0.823. The van der Waals surface area contributed by atoms with E-state index in [4.69, 9.17) is 14.2 Å². The summed E-state index contributed by atoms with van der Waals surface area (Å²) in [6.07, 6.45) is 0. The Balaban J connectivity index is 1.84. The Kier molecular flexibility index (Phi) is 3.30. The maximum absolute atomic E-state index is 12.7. The second kappa shape index (κ2) is 4.98. The minimum absolute atomic E-state index is 0.125. The van der Waals surface area contributed by atoms with E-state index in [1.807, 2.05) is 36.9 Å². The van der Waals surface area contributed by atoms with Gasteiger partial charge in [-0.1, -0.05) is 6.07 Å². The molecule has 0 N–H and O–H groups in total. The highest BCUT2D eigenvalue weighted by Gasteiger charge is 2.35. The summed E-state index contributed by atoms with van der Waals surface area (Å²) >= 11 is 0. The fourth-order valence-corrected chi connectivity index (χ4v) is 2.57. The van der Waals surface area contributed by atoms with Crippen LogP contribution in [-0.4, -0.2) is 43.9 Å². The minimum Gasteiger partial charge on any atom is -0.454 e. The van der Waals surface area contributed by atoms with Gasteiger partial charge in [0.15, 0.2) is 11.5 Å². The van der Waals surface area contributed by atoms with Crippen molar-refractivity contribution in [3.05, 3.63) is 23.8 Å². The van der Waals surface area contributed by atoms with Gasteiger partial charge in [0.1, 0.15) is 0 Å². The van der Waals surface area contributed by atoms with Crippen molar-refractivity contribution in [3.63, 3.8) is 0 Å². The predicted octanol–water partition coefficient (Wildman–Crippen LogP) is 1.55. The van der Waals surface area contributed by atoms with Gasteiger partial charge in [-0.15, -0.1) is 0 Å². The maximum Gasteiger partial charge on any atom is 0.232 e. The van der Waals surface area contributed by atoms with Crippen LogP contribution in [0.1, 0.15) is 19.4 Å². The summed E-state index contributed by atoms with van der Waals surface area (Å²) in [5.74, 6) is 1.58. The van der Waals surface area contributed by atoms with Crippen molar-refractivity contribution in [2.75, 3.05) is 33.1 Å². The first-order valence-corrected chi connectivity index (χ1v) is 6.86. The molecule has 0 unspecified atom stereocenters. The van der Waals surface area contributed by atoms with Crippen LogP contribution in [0.2, 0.25) is 0 Å². The zero-order valence-electron chi connectivity index (χ0n) is 11.8. The van der Waals surface area contributed by atoms with Crippen LogP contribution in [0.5, 0.6) is 11.5 Å². The Labute approximate surface area is 118 Å². The van der Waals surface area contributed by atoms with Crippen molar-refractivity contribution in [1.29, 1.82) is 0 Å². The van der Waals surface area contributed by atoms with Crippen LogP contribution < -0.4 is 9.47 Å². The van der Waals surface area contributed by atoms with Gasteiger partial charge in [0, 0.05) is 13.1 Å². The number of fused-ring (bicyclic) bond motifs is 1. The summed E-state index contributed by atoms with van der Waals surface area (Å²) < 4.78 is 16.0. The molecule has 1 fully saturated rings. The lowest BCUT2D eigenvalue weighted by Crippen LogP contribution is -2.48. The Morgan fingerprint density at radius 3 is 2.60 bits per heavy atom. The molecule has 0 aromatic heterocycles. The van der Waals surface area contributed by atoms with Crippen molar-refractivity contribution in [1.82, 2.24) is 4.90 Å². The highest BCUT2D eigenvalue weighted by molar-refractivity contribution is 5.87. The van der Waals surface area contributed by atoms with E-state index in [2.05, 4.69) is 0 Å². The minimum atomic E-state index is -0.585. The first-order chi connectivity index (χ1) is 9.59. The van der Waals surface area contributed by atoms with Gasteiger partial charge in [-0.3, -0.25) is 4.79 Å². The van der Waals surface area contributed by atoms with Gasteiger partial charge in [-0.05, 0) is 31.5 Å². The van der Waals surface area contributed by atoms with Crippen molar-refractivity contribution in [2.45, 2.75) is 19.3 Å². The lowest BCUT2D eigenvalue weighted by atomic mass is 9.83. The van der Waals surface area contributed by atoms with Crippen molar-refractivity contribution in [2.24, 2.45) is 0 Å². The molecule has 5 heteroatoms. The second-order valence-electron chi connectivity index (χ2n) is 5.60. The zero-order chi connectivity index (χ0) is 14.2. The van der Waals surface area contributed by atoms with Crippen LogP contribution in [0, 0.1) is 0 Å². The molecule has 2 aliphatic rings. The van der Waals surface area contributed by atoms with E-state index in [-0.39, 0.29) is 12.7 Å². The molecule has 1 aromatic carbocycles. The molecule has 5 nitrogen and oxygen atoms in total. The van der Waals surface area contributed by atoms with Gasteiger partial charge in [-0.2, -0.15) is 0 Å². The molecular weight excluding hydrogens is 258 g/mol. The fraction of sp³-hybridized carbons (Fsp3) is 0.533. The molecule has 0 saturated carbocycles. The number of carbonyl (C=O) groups is 1. The van der Waals surface area contributed by atoms with E-state index in [9.17, 15) is 4.79 Å². The van der Waals surface area contributed by atoms with E-state index in [1.54, 1.807) is 0 Å². The number of amides is 1. The van der Waals surface area contributed by atoms with E-state index in [0.717, 1.165) is 11.3 Å². The third-order valence-corrected chi connectivity index (χ3v) is 3.93. The molecular formula is C15H19NO4.